The highest BCUT2D eigenvalue weighted by atomic mass is 16.5. The first kappa shape index (κ1) is 10.4. The van der Waals surface area contributed by atoms with E-state index in [1.807, 2.05) is 18.2 Å². The molecule has 1 aromatic rings. The van der Waals surface area contributed by atoms with Gasteiger partial charge in [-0.2, -0.15) is 0 Å². The smallest absolute Gasteiger partial charge is 0.159 e. The van der Waals surface area contributed by atoms with Gasteiger partial charge in [-0.3, -0.25) is 4.79 Å². The van der Waals surface area contributed by atoms with E-state index in [0.717, 1.165) is 24.8 Å². The van der Waals surface area contributed by atoms with Crippen LogP contribution in [0.25, 0.3) is 0 Å². The molecule has 80 valence electrons. The highest BCUT2D eigenvalue weighted by molar-refractivity contribution is 5.94. The number of benzene rings is 1. The first-order valence-corrected chi connectivity index (χ1v) is 5.30. The van der Waals surface area contributed by atoms with Crippen LogP contribution in [0.2, 0.25) is 0 Å². The SMILES string of the molecule is COC1(Cc2cccc(C(C)=O)c2)CC1. The van der Waals surface area contributed by atoms with Gasteiger partial charge in [-0.15, -0.1) is 0 Å². The van der Waals surface area contributed by atoms with Crippen molar-refractivity contribution >= 4 is 5.78 Å². The topological polar surface area (TPSA) is 26.3 Å². The fourth-order valence-corrected chi connectivity index (χ4v) is 1.86. The molecule has 0 saturated heterocycles. The Hall–Kier alpha value is -1.15. The van der Waals surface area contributed by atoms with E-state index in [1.54, 1.807) is 14.0 Å². The summed E-state index contributed by atoms with van der Waals surface area (Å²) in [6.45, 7) is 1.60. The van der Waals surface area contributed by atoms with Crippen molar-refractivity contribution in [2.45, 2.75) is 31.8 Å². The average molecular weight is 204 g/mol. The third-order valence-corrected chi connectivity index (χ3v) is 3.10. The van der Waals surface area contributed by atoms with Gasteiger partial charge in [0.25, 0.3) is 0 Å². The Morgan fingerprint density at radius 3 is 2.73 bits per heavy atom. The standard InChI is InChI=1S/C13H16O2/c1-10(14)12-5-3-4-11(8-12)9-13(15-2)6-7-13/h3-5,8H,6-7,9H2,1-2H3. The van der Waals surface area contributed by atoms with Gasteiger partial charge in [0.1, 0.15) is 0 Å². The molecule has 15 heavy (non-hydrogen) atoms. The second kappa shape index (κ2) is 3.78. The van der Waals surface area contributed by atoms with Crippen LogP contribution in [0.4, 0.5) is 0 Å². The van der Waals surface area contributed by atoms with Crippen LogP contribution in [0.15, 0.2) is 24.3 Å². The fraction of sp³-hybridized carbons (Fsp3) is 0.462. The number of hydrogen-bond acceptors (Lipinski definition) is 2. The van der Waals surface area contributed by atoms with E-state index in [4.69, 9.17) is 4.74 Å². The summed E-state index contributed by atoms with van der Waals surface area (Å²) < 4.78 is 5.47. The molecule has 0 bridgehead atoms. The van der Waals surface area contributed by atoms with Crippen LogP contribution in [0.5, 0.6) is 0 Å². The lowest BCUT2D eigenvalue weighted by Gasteiger charge is -2.13. The lowest BCUT2D eigenvalue weighted by Crippen LogP contribution is -2.15. The maximum Gasteiger partial charge on any atom is 0.159 e. The predicted molar refractivity (Wildman–Crippen MR) is 59.1 cm³/mol. The molecule has 0 heterocycles. The molecule has 1 aliphatic rings. The number of carbonyl (C=O) groups is 1. The monoisotopic (exact) mass is 204 g/mol. The van der Waals surface area contributed by atoms with Crippen molar-refractivity contribution in [2.24, 2.45) is 0 Å². The number of methoxy groups -OCH3 is 1. The minimum absolute atomic E-state index is 0.0649. The summed E-state index contributed by atoms with van der Waals surface area (Å²) in [6.07, 6.45) is 3.19. The molecule has 2 heteroatoms. The van der Waals surface area contributed by atoms with Crippen LogP contribution in [0.3, 0.4) is 0 Å². The number of hydrogen-bond donors (Lipinski definition) is 0. The van der Waals surface area contributed by atoms with E-state index in [1.165, 1.54) is 5.56 Å². The number of Topliss-reactive ketones (excluding diaryl/α,β-unsaturated/α-hetero) is 1. The molecule has 1 aromatic carbocycles. The molecule has 1 aliphatic carbocycles. The molecular weight excluding hydrogens is 188 g/mol. The quantitative estimate of drug-likeness (QED) is 0.705. The predicted octanol–water partition coefficient (Wildman–Crippen LogP) is 2.61. The van der Waals surface area contributed by atoms with Gasteiger partial charge in [0, 0.05) is 19.1 Å². The van der Waals surface area contributed by atoms with E-state index in [0.29, 0.717) is 0 Å². The molecule has 1 fully saturated rings. The lowest BCUT2D eigenvalue weighted by atomic mass is 10.0. The van der Waals surface area contributed by atoms with Gasteiger partial charge in [0.05, 0.1) is 5.60 Å². The first-order valence-electron chi connectivity index (χ1n) is 5.30. The summed E-state index contributed by atoms with van der Waals surface area (Å²) in [4.78, 5) is 11.2. The second-order valence-corrected chi connectivity index (χ2v) is 4.32. The van der Waals surface area contributed by atoms with Crippen molar-refractivity contribution in [1.82, 2.24) is 0 Å². The van der Waals surface area contributed by atoms with Gasteiger partial charge >= 0.3 is 0 Å². The Morgan fingerprint density at radius 1 is 1.47 bits per heavy atom. The molecule has 0 radical (unpaired) electrons. The van der Waals surface area contributed by atoms with E-state index < -0.39 is 0 Å². The summed E-state index contributed by atoms with van der Waals surface area (Å²) in [5, 5.41) is 0. The van der Waals surface area contributed by atoms with Gasteiger partial charge in [0.2, 0.25) is 0 Å². The molecule has 1 saturated carbocycles. The van der Waals surface area contributed by atoms with Crippen molar-refractivity contribution in [3.05, 3.63) is 35.4 Å². The molecule has 0 aromatic heterocycles. The van der Waals surface area contributed by atoms with Crippen LogP contribution in [-0.2, 0) is 11.2 Å². The van der Waals surface area contributed by atoms with Crippen molar-refractivity contribution in [3.8, 4) is 0 Å². The molecule has 0 amide bonds. The van der Waals surface area contributed by atoms with Gasteiger partial charge in [-0.25, -0.2) is 0 Å². The van der Waals surface area contributed by atoms with Crippen LogP contribution in [-0.4, -0.2) is 18.5 Å². The molecule has 0 atom stereocenters. The largest absolute Gasteiger partial charge is 0.378 e. The Balaban J connectivity index is 2.15. The molecule has 0 spiro atoms. The van der Waals surface area contributed by atoms with Crippen LogP contribution < -0.4 is 0 Å². The highest BCUT2D eigenvalue weighted by Crippen LogP contribution is 2.41. The Labute approximate surface area is 90.3 Å². The average Bonchev–Trinajstić information content (AvgIpc) is 2.99. The Kier molecular flexibility index (Phi) is 2.61. The van der Waals surface area contributed by atoms with Crippen LogP contribution >= 0.6 is 0 Å². The number of ketones is 1. The minimum atomic E-state index is 0.0649. The number of ether oxygens (including phenoxy) is 1. The summed E-state index contributed by atoms with van der Waals surface area (Å²) in [7, 11) is 1.77. The molecule has 0 N–H and O–H groups in total. The maximum atomic E-state index is 11.2. The van der Waals surface area contributed by atoms with Crippen molar-refractivity contribution < 1.29 is 9.53 Å². The zero-order valence-corrected chi connectivity index (χ0v) is 9.25. The van der Waals surface area contributed by atoms with E-state index in [2.05, 4.69) is 6.07 Å². The molecular formula is C13H16O2. The third-order valence-electron chi connectivity index (χ3n) is 3.10. The fourth-order valence-electron chi connectivity index (χ4n) is 1.86. The van der Waals surface area contributed by atoms with Crippen molar-refractivity contribution in [2.75, 3.05) is 7.11 Å². The molecule has 0 aliphatic heterocycles. The van der Waals surface area contributed by atoms with E-state index in [-0.39, 0.29) is 11.4 Å². The van der Waals surface area contributed by atoms with Crippen molar-refractivity contribution in [3.63, 3.8) is 0 Å². The minimum Gasteiger partial charge on any atom is -0.378 e. The zero-order valence-electron chi connectivity index (χ0n) is 9.25. The summed E-state index contributed by atoms with van der Waals surface area (Å²) >= 11 is 0. The van der Waals surface area contributed by atoms with Gasteiger partial charge in [0.15, 0.2) is 5.78 Å². The number of rotatable bonds is 4. The van der Waals surface area contributed by atoms with Gasteiger partial charge in [-0.05, 0) is 31.4 Å². The Bertz CT molecular complexity index is 378. The zero-order chi connectivity index (χ0) is 10.9. The van der Waals surface area contributed by atoms with E-state index >= 15 is 0 Å². The highest BCUT2D eigenvalue weighted by Gasteiger charge is 2.42. The third kappa shape index (κ3) is 2.26. The Morgan fingerprint density at radius 2 is 2.20 bits per heavy atom. The summed E-state index contributed by atoms with van der Waals surface area (Å²) in [5.41, 5.74) is 2.05. The molecule has 2 nitrogen and oxygen atoms in total. The summed E-state index contributed by atoms with van der Waals surface area (Å²) in [6, 6.07) is 7.84. The normalized spacial score (nSPS) is 17.5. The van der Waals surface area contributed by atoms with Crippen LogP contribution in [0.1, 0.15) is 35.7 Å². The molecule has 2 rings (SSSR count). The summed E-state index contributed by atoms with van der Waals surface area (Å²) in [5.74, 6) is 0.124. The molecule has 0 unspecified atom stereocenters. The second-order valence-electron chi connectivity index (χ2n) is 4.32. The van der Waals surface area contributed by atoms with Gasteiger partial charge < -0.3 is 4.74 Å². The first-order chi connectivity index (χ1) is 7.15. The van der Waals surface area contributed by atoms with Crippen LogP contribution in [0, 0.1) is 0 Å². The maximum absolute atomic E-state index is 11.2. The van der Waals surface area contributed by atoms with Gasteiger partial charge in [-0.1, -0.05) is 18.2 Å². The lowest BCUT2D eigenvalue weighted by molar-refractivity contribution is 0.0807. The van der Waals surface area contributed by atoms with Crippen molar-refractivity contribution in [1.29, 1.82) is 0 Å². The van der Waals surface area contributed by atoms with E-state index in [9.17, 15) is 4.79 Å². The number of carbonyl (C=O) groups excluding carboxylic acids is 1.